The molecule has 2 nitrogen and oxygen atoms in total. The van der Waals surface area contributed by atoms with E-state index in [0.29, 0.717) is 5.69 Å². The van der Waals surface area contributed by atoms with Crippen LogP contribution in [0.4, 0.5) is 10.1 Å². The van der Waals surface area contributed by atoms with Crippen molar-refractivity contribution in [2.75, 3.05) is 5.32 Å². The molecule has 0 saturated heterocycles. The van der Waals surface area contributed by atoms with Crippen LogP contribution in [0.1, 0.15) is 13.8 Å². The third-order valence-corrected chi connectivity index (χ3v) is 2.15. The van der Waals surface area contributed by atoms with Crippen molar-refractivity contribution in [3.8, 4) is 6.07 Å². The summed E-state index contributed by atoms with van der Waals surface area (Å²) in [6.45, 7) is 3.38. The smallest absolute Gasteiger partial charge is 0.146 e. The highest BCUT2D eigenvalue weighted by molar-refractivity contribution is 9.10. The Kier molecular flexibility index (Phi) is 3.12. The van der Waals surface area contributed by atoms with Crippen LogP contribution in [-0.4, -0.2) is 5.54 Å². The van der Waals surface area contributed by atoms with E-state index in [1.165, 1.54) is 6.07 Å². The van der Waals surface area contributed by atoms with Crippen molar-refractivity contribution < 1.29 is 4.39 Å². The summed E-state index contributed by atoms with van der Waals surface area (Å²) < 4.78 is 14.0. The van der Waals surface area contributed by atoms with E-state index in [-0.39, 0.29) is 5.82 Å². The lowest BCUT2D eigenvalue weighted by atomic mass is 10.1. The van der Waals surface area contributed by atoms with E-state index in [1.807, 2.05) is 6.07 Å². The number of nitriles is 1. The van der Waals surface area contributed by atoms with Crippen LogP contribution in [-0.2, 0) is 0 Å². The molecule has 0 bridgehead atoms. The van der Waals surface area contributed by atoms with Gasteiger partial charge in [-0.3, -0.25) is 0 Å². The van der Waals surface area contributed by atoms with Gasteiger partial charge >= 0.3 is 0 Å². The lowest BCUT2D eigenvalue weighted by molar-refractivity contribution is 0.620. The molecule has 0 aliphatic rings. The van der Waals surface area contributed by atoms with Gasteiger partial charge in [0.05, 0.1) is 11.8 Å². The minimum atomic E-state index is -0.776. The highest BCUT2D eigenvalue weighted by Crippen LogP contribution is 2.22. The van der Waals surface area contributed by atoms with E-state index >= 15 is 0 Å². The van der Waals surface area contributed by atoms with Crippen molar-refractivity contribution in [1.29, 1.82) is 5.26 Å². The first kappa shape index (κ1) is 11.0. The first-order chi connectivity index (χ1) is 6.44. The highest BCUT2D eigenvalue weighted by atomic mass is 79.9. The molecule has 0 unspecified atom stereocenters. The number of nitrogens with one attached hydrogen (secondary N) is 1. The number of rotatable bonds is 2. The highest BCUT2D eigenvalue weighted by Gasteiger charge is 2.17. The first-order valence-electron chi connectivity index (χ1n) is 4.09. The SMILES string of the molecule is CC(C)(C#N)Nc1cc(Br)ccc1F. The van der Waals surface area contributed by atoms with Crippen LogP contribution in [0.15, 0.2) is 22.7 Å². The van der Waals surface area contributed by atoms with Gasteiger partial charge in [-0.05, 0) is 32.0 Å². The summed E-state index contributed by atoms with van der Waals surface area (Å²) in [5.74, 6) is -0.364. The third kappa shape index (κ3) is 2.71. The summed E-state index contributed by atoms with van der Waals surface area (Å²) in [5.41, 5.74) is -0.451. The Balaban J connectivity index is 2.98. The lowest BCUT2D eigenvalue weighted by Gasteiger charge is -2.19. The number of hydrogen-bond acceptors (Lipinski definition) is 2. The van der Waals surface area contributed by atoms with Crippen LogP contribution in [0.2, 0.25) is 0 Å². The fraction of sp³-hybridized carbons (Fsp3) is 0.300. The van der Waals surface area contributed by atoms with Gasteiger partial charge in [0.25, 0.3) is 0 Å². The second-order valence-electron chi connectivity index (χ2n) is 3.49. The summed E-state index contributed by atoms with van der Waals surface area (Å²) in [6, 6.07) is 6.61. The molecule has 0 heterocycles. The van der Waals surface area contributed by atoms with Gasteiger partial charge in [0, 0.05) is 4.47 Å². The Labute approximate surface area is 90.9 Å². The van der Waals surface area contributed by atoms with E-state index in [2.05, 4.69) is 21.2 Å². The number of hydrogen-bond donors (Lipinski definition) is 1. The van der Waals surface area contributed by atoms with Crippen LogP contribution in [0.3, 0.4) is 0 Å². The molecule has 4 heteroatoms. The van der Waals surface area contributed by atoms with Crippen molar-refractivity contribution in [3.63, 3.8) is 0 Å². The summed E-state index contributed by atoms with van der Waals surface area (Å²) >= 11 is 3.24. The summed E-state index contributed by atoms with van der Waals surface area (Å²) in [6.07, 6.45) is 0. The molecule has 0 aromatic heterocycles. The number of nitrogens with zero attached hydrogens (tertiary/aromatic N) is 1. The van der Waals surface area contributed by atoms with Gasteiger partial charge in [-0.15, -0.1) is 0 Å². The molecule has 1 aromatic carbocycles. The van der Waals surface area contributed by atoms with E-state index in [1.54, 1.807) is 26.0 Å². The molecular formula is C10H10BrFN2. The average Bonchev–Trinajstić information content (AvgIpc) is 2.11. The molecule has 0 fully saturated rings. The Morgan fingerprint density at radius 1 is 1.50 bits per heavy atom. The Morgan fingerprint density at radius 3 is 2.71 bits per heavy atom. The predicted octanol–water partition coefficient (Wildman–Crippen LogP) is 3.30. The van der Waals surface area contributed by atoms with Gasteiger partial charge in [-0.1, -0.05) is 15.9 Å². The van der Waals surface area contributed by atoms with Crippen LogP contribution in [0.5, 0.6) is 0 Å². The van der Waals surface area contributed by atoms with Gasteiger partial charge in [-0.2, -0.15) is 5.26 Å². The predicted molar refractivity (Wildman–Crippen MR) is 57.4 cm³/mol. The standard InChI is InChI=1S/C10H10BrFN2/c1-10(2,6-13)14-9-5-7(11)3-4-8(9)12/h3-5,14H,1-2H3. The van der Waals surface area contributed by atoms with E-state index < -0.39 is 5.54 Å². The molecule has 0 atom stereocenters. The monoisotopic (exact) mass is 256 g/mol. The van der Waals surface area contributed by atoms with Crippen LogP contribution < -0.4 is 5.32 Å². The zero-order chi connectivity index (χ0) is 10.8. The maximum absolute atomic E-state index is 13.2. The summed E-state index contributed by atoms with van der Waals surface area (Å²) in [7, 11) is 0. The van der Waals surface area contributed by atoms with Gasteiger partial charge in [0.1, 0.15) is 11.4 Å². The van der Waals surface area contributed by atoms with Crippen molar-refractivity contribution in [3.05, 3.63) is 28.5 Å². The molecule has 1 rings (SSSR count). The zero-order valence-corrected chi connectivity index (χ0v) is 9.52. The minimum Gasteiger partial charge on any atom is -0.365 e. The van der Waals surface area contributed by atoms with Crippen LogP contribution in [0.25, 0.3) is 0 Å². The first-order valence-corrected chi connectivity index (χ1v) is 4.88. The molecule has 1 aromatic rings. The Morgan fingerprint density at radius 2 is 2.14 bits per heavy atom. The fourth-order valence-electron chi connectivity index (χ4n) is 0.958. The lowest BCUT2D eigenvalue weighted by Crippen LogP contribution is -2.28. The molecule has 14 heavy (non-hydrogen) atoms. The van der Waals surface area contributed by atoms with Gasteiger partial charge in [-0.25, -0.2) is 4.39 Å². The van der Waals surface area contributed by atoms with E-state index in [4.69, 9.17) is 5.26 Å². The van der Waals surface area contributed by atoms with Crippen molar-refractivity contribution in [1.82, 2.24) is 0 Å². The molecule has 0 amide bonds. The van der Waals surface area contributed by atoms with Gasteiger partial charge < -0.3 is 5.32 Å². The normalized spacial score (nSPS) is 10.8. The van der Waals surface area contributed by atoms with Crippen molar-refractivity contribution >= 4 is 21.6 Å². The maximum Gasteiger partial charge on any atom is 0.146 e. The summed E-state index contributed by atoms with van der Waals surface area (Å²) in [4.78, 5) is 0. The second-order valence-corrected chi connectivity index (χ2v) is 4.40. The second kappa shape index (κ2) is 3.97. The van der Waals surface area contributed by atoms with Crippen molar-refractivity contribution in [2.24, 2.45) is 0 Å². The topological polar surface area (TPSA) is 35.8 Å². The quantitative estimate of drug-likeness (QED) is 0.882. The molecule has 1 N–H and O–H groups in total. The molecule has 0 radical (unpaired) electrons. The van der Waals surface area contributed by atoms with Crippen molar-refractivity contribution in [2.45, 2.75) is 19.4 Å². The maximum atomic E-state index is 13.2. The molecule has 0 saturated carbocycles. The van der Waals surface area contributed by atoms with E-state index in [0.717, 1.165) is 4.47 Å². The number of anilines is 1. The Bertz CT molecular complexity index is 382. The molecule has 74 valence electrons. The van der Waals surface area contributed by atoms with E-state index in [9.17, 15) is 4.39 Å². The van der Waals surface area contributed by atoms with Gasteiger partial charge in [0.15, 0.2) is 0 Å². The number of benzene rings is 1. The molecule has 0 aliphatic heterocycles. The largest absolute Gasteiger partial charge is 0.365 e. The Hall–Kier alpha value is -1.08. The van der Waals surface area contributed by atoms with Crippen LogP contribution in [0, 0.1) is 17.1 Å². The fourth-order valence-corrected chi connectivity index (χ4v) is 1.32. The third-order valence-electron chi connectivity index (χ3n) is 1.66. The van der Waals surface area contributed by atoms with Crippen LogP contribution >= 0.6 is 15.9 Å². The summed E-state index contributed by atoms with van der Waals surface area (Å²) in [5, 5.41) is 11.6. The van der Waals surface area contributed by atoms with Gasteiger partial charge in [0.2, 0.25) is 0 Å². The molecule has 0 spiro atoms. The molecular weight excluding hydrogens is 247 g/mol. The average molecular weight is 257 g/mol. The molecule has 0 aliphatic carbocycles. The number of halogens is 2. The zero-order valence-electron chi connectivity index (χ0n) is 7.94. The minimum absolute atomic E-state index is 0.325.